The van der Waals surface area contributed by atoms with Crippen LogP contribution in [0.1, 0.15) is 196 Å². The molecule has 0 amide bonds. The Morgan fingerprint density at radius 3 is 0.787 bits per heavy atom. The van der Waals surface area contributed by atoms with E-state index in [2.05, 4.69) is 13.8 Å². The van der Waals surface area contributed by atoms with Gasteiger partial charge in [-0.05, 0) is 40.5 Å². The second-order valence-electron chi connectivity index (χ2n) is 13.2. The van der Waals surface area contributed by atoms with Gasteiger partial charge in [0.15, 0.2) is 0 Å². The molecule has 0 saturated carbocycles. The van der Waals surface area contributed by atoms with Crippen LogP contribution in [0.15, 0.2) is 0 Å². The van der Waals surface area contributed by atoms with Gasteiger partial charge in [0.1, 0.15) is 0 Å². The third-order valence-corrected chi connectivity index (χ3v) is 9.21. The molecule has 2 unspecified atom stereocenters. The summed E-state index contributed by atoms with van der Waals surface area (Å²) < 4.78 is 44.1. The van der Waals surface area contributed by atoms with Crippen LogP contribution >= 0.6 is 0 Å². The Morgan fingerprint density at radius 2 is 0.574 bits per heavy atom. The third-order valence-electron chi connectivity index (χ3n) is 9.21. The molecule has 0 bridgehead atoms. The second kappa shape index (κ2) is 32.9. The van der Waals surface area contributed by atoms with Crippen molar-refractivity contribution in [3.8, 4) is 0 Å². The molecule has 0 spiro atoms. The van der Waals surface area contributed by atoms with Crippen molar-refractivity contribution in [3.63, 3.8) is 0 Å². The van der Waals surface area contributed by atoms with Gasteiger partial charge in [0.2, 0.25) is 24.2 Å². The fraction of sp³-hybridized carbons (Fsp3) is 1.00. The average molecular weight is 675 g/mol. The normalized spacial score (nSPS) is 13.8. The molecular formula is C40H82O7. The molecule has 0 saturated heterocycles. The van der Waals surface area contributed by atoms with Gasteiger partial charge in [-0.2, -0.15) is 0 Å². The predicted octanol–water partition coefficient (Wildman–Crippen LogP) is 11.9. The standard InChI is InChI=1S/C40H82O7/c1-9-15-17-19-21-23-25-27-29-31-33-35-39(43-11-3,44-12-4)37(41-7)47-38(42-8)40(45-13-5,46-14-6)36-34-32-30-28-26-24-22-20-18-16-10-2/h37-38H,9-36H2,1-8H3. The molecule has 0 heterocycles. The van der Waals surface area contributed by atoms with E-state index in [9.17, 15) is 0 Å². The summed E-state index contributed by atoms with van der Waals surface area (Å²) in [4.78, 5) is 0. The summed E-state index contributed by atoms with van der Waals surface area (Å²) in [5.41, 5.74) is 0. The van der Waals surface area contributed by atoms with Crippen molar-refractivity contribution in [1.29, 1.82) is 0 Å². The van der Waals surface area contributed by atoms with Crippen LogP contribution in [0.4, 0.5) is 0 Å². The maximum Gasteiger partial charge on any atom is 0.220 e. The summed E-state index contributed by atoms with van der Waals surface area (Å²) in [6.45, 7) is 14.5. The molecule has 284 valence electrons. The SMILES string of the molecule is CCCCCCCCCCCCCC(OCC)(OCC)C(OC)OC(OC)C(CCCCCCCCCCCCC)(OCC)OCC. The molecule has 0 fully saturated rings. The van der Waals surface area contributed by atoms with E-state index in [1.807, 2.05) is 27.7 Å². The number of ether oxygens (including phenoxy) is 7. The summed E-state index contributed by atoms with van der Waals surface area (Å²) in [5.74, 6) is -2.09. The van der Waals surface area contributed by atoms with Gasteiger partial charge in [-0.1, -0.05) is 142 Å². The van der Waals surface area contributed by atoms with E-state index in [-0.39, 0.29) is 0 Å². The van der Waals surface area contributed by atoms with E-state index in [1.54, 1.807) is 14.2 Å². The number of hydrogen-bond acceptors (Lipinski definition) is 7. The fourth-order valence-electron chi connectivity index (χ4n) is 6.72. The lowest BCUT2D eigenvalue weighted by atomic mass is 10.0. The van der Waals surface area contributed by atoms with Gasteiger partial charge in [0, 0.05) is 53.5 Å². The van der Waals surface area contributed by atoms with Crippen LogP contribution in [0.2, 0.25) is 0 Å². The summed E-state index contributed by atoms with van der Waals surface area (Å²) in [6, 6.07) is 0. The Kier molecular flexibility index (Phi) is 32.7. The first-order valence-corrected chi connectivity index (χ1v) is 20.3. The van der Waals surface area contributed by atoms with Gasteiger partial charge >= 0.3 is 0 Å². The van der Waals surface area contributed by atoms with E-state index in [0.717, 1.165) is 25.7 Å². The van der Waals surface area contributed by atoms with E-state index in [4.69, 9.17) is 33.2 Å². The number of rotatable bonds is 38. The van der Waals surface area contributed by atoms with Crippen LogP contribution < -0.4 is 0 Å². The maximum absolute atomic E-state index is 6.65. The summed E-state index contributed by atoms with van der Waals surface area (Å²) >= 11 is 0. The summed E-state index contributed by atoms with van der Waals surface area (Å²) in [7, 11) is 3.30. The minimum Gasteiger partial charge on any atom is -0.351 e. The van der Waals surface area contributed by atoms with Crippen LogP contribution in [-0.2, 0) is 33.2 Å². The first-order valence-electron chi connectivity index (χ1n) is 20.3. The molecule has 2 atom stereocenters. The molecule has 0 aromatic heterocycles. The Labute approximate surface area is 293 Å². The van der Waals surface area contributed by atoms with Gasteiger partial charge in [0.05, 0.1) is 0 Å². The smallest absolute Gasteiger partial charge is 0.220 e. The zero-order valence-electron chi connectivity index (χ0n) is 32.8. The second-order valence-corrected chi connectivity index (χ2v) is 13.2. The number of hydrogen-bond donors (Lipinski definition) is 0. The quantitative estimate of drug-likeness (QED) is 0.0477. The molecule has 0 rings (SSSR count). The van der Waals surface area contributed by atoms with Gasteiger partial charge in [-0.25, -0.2) is 0 Å². The van der Waals surface area contributed by atoms with Crippen molar-refractivity contribution in [2.45, 2.75) is 220 Å². The van der Waals surface area contributed by atoms with Crippen molar-refractivity contribution in [2.75, 3.05) is 40.6 Å². The highest BCUT2D eigenvalue weighted by atomic mass is 16.8. The molecule has 0 aliphatic carbocycles. The van der Waals surface area contributed by atoms with Gasteiger partial charge in [-0.3, -0.25) is 0 Å². The van der Waals surface area contributed by atoms with E-state index in [0.29, 0.717) is 39.3 Å². The Morgan fingerprint density at radius 1 is 0.340 bits per heavy atom. The Hall–Kier alpha value is -0.280. The van der Waals surface area contributed by atoms with Gasteiger partial charge in [-0.15, -0.1) is 0 Å². The van der Waals surface area contributed by atoms with Crippen LogP contribution in [0.5, 0.6) is 0 Å². The first kappa shape index (κ1) is 46.7. The fourth-order valence-corrected chi connectivity index (χ4v) is 6.72. The monoisotopic (exact) mass is 675 g/mol. The van der Waals surface area contributed by atoms with E-state index >= 15 is 0 Å². The van der Waals surface area contributed by atoms with E-state index < -0.39 is 24.2 Å². The molecule has 7 nitrogen and oxygen atoms in total. The lowest BCUT2D eigenvalue weighted by Crippen LogP contribution is -2.57. The maximum atomic E-state index is 6.65. The van der Waals surface area contributed by atoms with E-state index in [1.165, 1.54) is 116 Å². The highest BCUT2D eigenvalue weighted by molar-refractivity contribution is 4.81. The van der Waals surface area contributed by atoms with Crippen molar-refractivity contribution in [2.24, 2.45) is 0 Å². The number of unbranched alkanes of at least 4 members (excludes halogenated alkanes) is 20. The highest BCUT2D eigenvalue weighted by Crippen LogP contribution is 2.35. The molecular weight excluding hydrogens is 592 g/mol. The summed E-state index contributed by atoms with van der Waals surface area (Å²) in [6.07, 6.45) is 27.9. The minimum atomic E-state index is -1.05. The molecule has 0 aliphatic rings. The lowest BCUT2D eigenvalue weighted by molar-refractivity contribution is -0.419. The molecule has 0 N–H and O–H groups in total. The highest BCUT2D eigenvalue weighted by Gasteiger charge is 2.49. The van der Waals surface area contributed by atoms with Crippen molar-refractivity contribution < 1.29 is 33.2 Å². The summed E-state index contributed by atoms with van der Waals surface area (Å²) in [5, 5.41) is 0. The zero-order valence-corrected chi connectivity index (χ0v) is 32.8. The molecule has 7 heteroatoms. The first-order chi connectivity index (χ1) is 23.0. The molecule has 0 aliphatic heterocycles. The van der Waals surface area contributed by atoms with Crippen LogP contribution in [0.3, 0.4) is 0 Å². The van der Waals surface area contributed by atoms with Crippen LogP contribution in [0, 0.1) is 0 Å². The van der Waals surface area contributed by atoms with Crippen molar-refractivity contribution in [1.82, 2.24) is 0 Å². The number of methoxy groups -OCH3 is 2. The lowest BCUT2D eigenvalue weighted by Gasteiger charge is -2.44. The largest absolute Gasteiger partial charge is 0.351 e. The van der Waals surface area contributed by atoms with Crippen molar-refractivity contribution in [3.05, 3.63) is 0 Å². The molecule has 0 radical (unpaired) electrons. The van der Waals surface area contributed by atoms with Crippen LogP contribution in [0.25, 0.3) is 0 Å². The van der Waals surface area contributed by atoms with Crippen molar-refractivity contribution >= 4 is 0 Å². The topological polar surface area (TPSA) is 64.6 Å². The van der Waals surface area contributed by atoms with Gasteiger partial charge < -0.3 is 33.2 Å². The molecule has 0 aromatic rings. The third kappa shape index (κ3) is 21.5. The average Bonchev–Trinajstić information content (AvgIpc) is 3.07. The predicted molar refractivity (Wildman–Crippen MR) is 197 cm³/mol. The molecule has 0 aromatic carbocycles. The van der Waals surface area contributed by atoms with Crippen LogP contribution in [-0.4, -0.2) is 64.8 Å². The Balaban J connectivity index is 5.26. The minimum absolute atomic E-state index is 0.486. The Bertz CT molecular complexity index is 568. The molecule has 47 heavy (non-hydrogen) atoms. The van der Waals surface area contributed by atoms with Gasteiger partial charge in [0.25, 0.3) is 0 Å². The zero-order chi connectivity index (χ0) is 34.9.